The molecule has 1 aromatic carbocycles. The second-order valence-corrected chi connectivity index (χ2v) is 13.3. The number of nitrogens with zero attached hydrogens (tertiary/aromatic N) is 3. The zero-order valence-corrected chi connectivity index (χ0v) is 24.1. The van der Waals surface area contributed by atoms with Crippen LogP contribution in [-0.4, -0.2) is 95.2 Å². The number of halogens is 1. The van der Waals surface area contributed by atoms with Crippen LogP contribution in [0.2, 0.25) is 0 Å². The Bertz CT molecular complexity index is 1280. The fraction of sp³-hybridized carbons (Fsp3) is 0.667. The molecule has 10 nitrogen and oxygen atoms in total. The van der Waals surface area contributed by atoms with Gasteiger partial charge in [0.15, 0.2) is 0 Å². The summed E-state index contributed by atoms with van der Waals surface area (Å²) >= 11 is 0. The molecule has 3 saturated heterocycles. The number of hydrogen-bond donors (Lipinski definition) is 1. The molecule has 0 unspecified atom stereocenters. The summed E-state index contributed by atoms with van der Waals surface area (Å²) < 4.78 is 27.5. The molecule has 222 valence electrons. The summed E-state index contributed by atoms with van der Waals surface area (Å²) in [4.78, 5) is 55.0. The summed E-state index contributed by atoms with van der Waals surface area (Å²) in [6, 6.07) is 3.18. The van der Waals surface area contributed by atoms with E-state index < -0.39 is 23.2 Å². The fourth-order valence-corrected chi connectivity index (χ4v) is 7.01. The van der Waals surface area contributed by atoms with Crippen molar-refractivity contribution in [2.75, 3.05) is 39.3 Å². The quantitative estimate of drug-likeness (QED) is 0.557. The van der Waals surface area contributed by atoms with Gasteiger partial charge in [-0.15, -0.1) is 0 Å². The molecule has 3 fully saturated rings. The minimum atomic E-state index is -1.34. The van der Waals surface area contributed by atoms with E-state index in [9.17, 15) is 19.2 Å². The predicted octanol–water partition coefficient (Wildman–Crippen LogP) is 2.91. The Morgan fingerprint density at radius 1 is 1.10 bits per heavy atom. The number of alkyl halides is 1. The van der Waals surface area contributed by atoms with Gasteiger partial charge in [-0.05, 0) is 59.2 Å². The van der Waals surface area contributed by atoms with Crippen molar-refractivity contribution in [2.24, 2.45) is 0 Å². The highest BCUT2D eigenvalue weighted by Crippen LogP contribution is 2.50. The first-order valence-corrected chi connectivity index (χ1v) is 14.7. The van der Waals surface area contributed by atoms with E-state index in [0.717, 1.165) is 42.8 Å². The SMILES string of the molecule is CC(C)(C)OC(=O)N1CCC(F)(CN2CCC3(CC2)COc2c3ccc3c2CN([C@H]2CCC(=O)NC2=O)C3=O)CC1. The molecule has 41 heavy (non-hydrogen) atoms. The first kappa shape index (κ1) is 27.9. The van der Waals surface area contributed by atoms with Crippen LogP contribution in [0.4, 0.5) is 9.18 Å². The lowest BCUT2D eigenvalue weighted by Crippen LogP contribution is -2.53. The molecule has 1 spiro atoms. The topological polar surface area (TPSA) is 108 Å². The van der Waals surface area contributed by atoms with E-state index in [-0.39, 0.29) is 36.3 Å². The molecule has 1 N–H and O–H groups in total. The van der Waals surface area contributed by atoms with Gasteiger partial charge in [0.1, 0.15) is 23.1 Å². The molecule has 5 aliphatic heterocycles. The summed E-state index contributed by atoms with van der Waals surface area (Å²) in [7, 11) is 0. The third kappa shape index (κ3) is 5.17. The first-order chi connectivity index (χ1) is 19.4. The van der Waals surface area contributed by atoms with Crippen molar-refractivity contribution in [2.45, 2.75) is 88.6 Å². The highest BCUT2D eigenvalue weighted by Gasteiger charge is 2.48. The van der Waals surface area contributed by atoms with Gasteiger partial charge in [0.05, 0.1) is 13.2 Å². The number of fused-ring (bicyclic) bond motifs is 4. The normalized spacial score (nSPS) is 25.6. The predicted molar refractivity (Wildman–Crippen MR) is 146 cm³/mol. The lowest BCUT2D eigenvalue weighted by molar-refractivity contribution is -0.136. The van der Waals surface area contributed by atoms with E-state index in [1.807, 2.05) is 32.9 Å². The smallest absolute Gasteiger partial charge is 0.410 e. The molecule has 0 bridgehead atoms. The number of rotatable bonds is 3. The fourth-order valence-electron chi connectivity index (χ4n) is 7.01. The number of nitrogens with one attached hydrogen (secondary N) is 1. The molecule has 4 amide bonds. The zero-order valence-electron chi connectivity index (χ0n) is 24.1. The first-order valence-electron chi connectivity index (χ1n) is 14.7. The number of amides is 4. The summed E-state index contributed by atoms with van der Waals surface area (Å²) in [5, 5.41) is 2.35. The Labute approximate surface area is 239 Å². The molecule has 11 heteroatoms. The highest BCUT2D eigenvalue weighted by atomic mass is 19.1. The van der Waals surface area contributed by atoms with Crippen LogP contribution in [0.5, 0.6) is 5.75 Å². The van der Waals surface area contributed by atoms with E-state index in [0.29, 0.717) is 51.1 Å². The number of hydrogen-bond acceptors (Lipinski definition) is 7. The number of ether oxygens (including phenoxy) is 2. The van der Waals surface area contributed by atoms with Crippen molar-refractivity contribution in [1.29, 1.82) is 0 Å². The summed E-state index contributed by atoms with van der Waals surface area (Å²) in [6.07, 6.45) is 2.39. The van der Waals surface area contributed by atoms with Gasteiger partial charge >= 0.3 is 6.09 Å². The van der Waals surface area contributed by atoms with Crippen molar-refractivity contribution in [3.8, 4) is 5.75 Å². The van der Waals surface area contributed by atoms with Crippen LogP contribution in [0, 0.1) is 0 Å². The van der Waals surface area contributed by atoms with E-state index >= 15 is 4.39 Å². The summed E-state index contributed by atoms with van der Waals surface area (Å²) in [5.74, 6) is -0.194. The van der Waals surface area contributed by atoms with Gasteiger partial charge < -0.3 is 24.2 Å². The average molecular weight is 571 g/mol. The summed E-state index contributed by atoms with van der Waals surface area (Å²) in [5.41, 5.74) is 0.366. The van der Waals surface area contributed by atoms with Gasteiger partial charge in [-0.25, -0.2) is 9.18 Å². The highest BCUT2D eigenvalue weighted by molar-refractivity contribution is 6.05. The number of carbonyl (C=O) groups excluding carboxylic acids is 4. The third-order valence-corrected chi connectivity index (χ3v) is 9.36. The maximum absolute atomic E-state index is 15.8. The van der Waals surface area contributed by atoms with Crippen LogP contribution in [0.3, 0.4) is 0 Å². The molecular formula is C30H39FN4O6. The van der Waals surface area contributed by atoms with E-state index in [1.165, 1.54) is 0 Å². The Morgan fingerprint density at radius 3 is 2.46 bits per heavy atom. The Hall–Kier alpha value is -3.21. The molecule has 6 rings (SSSR count). The number of imide groups is 1. The minimum Gasteiger partial charge on any atom is -0.492 e. The number of likely N-dealkylation sites (tertiary alicyclic amines) is 2. The van der Waals surface area contributed by atoms with Gasteiger partial charge in [0.25, 0.3) is 5.91 Å². The minimum absolute atomic E-state index is 0.185. The van der Waals surface area contributed by atoms with Crippen LogP contribution in [0.25, 0.3) is 0 Å². The maximum Gasteiger partial charge on any atom is 0.410 e. The zero-order chi connectivity index (χ0) is 29.2. The lowest BCUT2D eigenvalue weighted by atomic mass is 9.73. The molecule has 0 saturated carbocycles. The largest absolute Gasteiger partial charge is 0.492 e. The molecule has 1 atom stereocenters. The van der Waals surface area contributed by atoms with Gasteiger partial charge in [-0.3, -0.25) is 19.7 Å². The molecule has 0 aromatic heterocycles. The molecule has 5 aliphatic rings. The van der Waals surface area contributed by atoms with Crippen LogP contribution < -0.4 is 10.1 Å². The van der Waals surface area contributed by atoms with Gasteiger partial charge in [-0.2, -0.15) is 0 Å². The second kappa shape index (κ2) is 9.96. The number of piperidine rings is 3. The molecule has 0 radical (unpaired) electrons. The van der Waals surface area contributed by atoms with Crippen molar-refractivity contribution in [3.63, 3.8) is 0 Å². The van der Waals surface area contributed by atoms with Crippen molar-refractivity contribution in [1.82, 2.24) is 20.0 Å². The van der Waals surface area contributed by atoms with Crippen LogP contribution >= 0.6 is 0 Å². The van der Waals surface area contributed by atoms with Gasteiger partial charge in [0, 0.05) is 61.0 Å². The standard InChI is InChI=1S/C30H39FN4O6/c1-28(2,3)41-27(39)34-14-10-30(31,11-15-34)17-33-12-8-29(9-13-33)18-40-24-20-16-35(22-6-7-23(36)32-25(22)37)26(38)19(20)4-5-21(24)29/h4-5,22H,6-18H2,1-3H3,(H,32,36,37)/t22-/m0/s1. The molecule has 1 aromatic rings. The Kier molecular flexibility index (Phi) is 6.79. The van der Waals surface area contributed by atoms with Crippen molar-refractivity contribution in [3.05, 3.63) is 28.8 Å². The summed E-state index contributed by atoms with van der Waals surface area (Å²) in [6.45, 7) is 8.82. The van der Waals surface area contributed by atoms with Crippen LogP contribution in [0.15, 0.2) is 12.1 Å². The second-order valence-electron chi connectivity index (χ2n) is 13.3. The van der Waals surface area contributed by atoms with E-state index in [4.69, 9.17) is 9.47 Å². The number of benzene rings is 1. The van der Waals surface area contributed by atoms with E-state index in [1.54, 1.807) is 9.80 Å². The van der Waals surface area contributed by atoms with Gasteiger partial charge in [0.2, 0.25) is 11.8 Å². The third-order valence-electron chi connectivity index (χ3n) is 9.36. The maximum atomic E-state index is 15.8. The molecule has 5 heterocycles. The van der Waals surface area contributed by atoms with E-state index in [2.05, 4.69) is 10.2 Å². The van der Waals surface area contributed by atoms with Crippen LogP contribution in [-0.2, 0) is 26.3 Å². The average Bonchev–Trinajstić information content (AvgIpc) is 3.43. The Balaban J connectivity index is 1.08. The monoisotopic (exact) mass is 570 g/mol. The van der Waals surface area contributed by atoms with Crippen LogP contribution in [0.1, 0.15) is 80.8 Å². The molecular weight excluding hydrogens is 531 g/mol. The van der Waals surface area contributed by atoms with Crippen molar-refractivity contribution >= 4 is 23.8 Å². The number of carbonyl (C=O) groups is 4. The lowest BCUT2D eigenvalue weighted by Gasteiger charge is -2.43. The molecule has 0 aliphatic carbocycles. The van der Waals surface area contributed by atoms with Gasteiger partial charge in [-0.1, -0.05) is 6.07 Å². The Morgan fingerprint density at radius 2 is 1.80 bits per heavy atom. The van der Waals surface area contributed by atoms with Crippen molar-refractivity contribution < 1.29 is 33.0 Å².